The molecule has 2 rings (SSSR count). The van der Waals surface area contributed by atoms with Crippen molar-refractivity contribution in [3.8, 4) is 11.5 Å². The van der Waals surface area contributed by atoms with Crippen LogP contribution in [0.5, 0.6) is 11.5 Å². The van der Waals surface area contributed by atoms with Crippen LogP contribution < -0.4 is 10.5 Å². The minimum atomic E-state index is 0.560. The Morgan fingerprint density at radius 1 is 1.06 bits per heavy atom. The number of hydrogen-bond acceptors (Lipinski definition) is 2. The van der Waals surface area contributed by atoms with Crippen molar-refractivity contribution in [1.29, 1.82) is 0 Å². The zero-order valence-corrected chi connectivity index (χ0v) is 10.6. The van der Waals surface area contributed by atoms with Crippen LogP contribution in [0.4, 0.5) is 5.69 Å². The Morgan fingerprint density at radius 2 is 1.88 bits per heavy atom. The predicted octanol–water partition coefficient (Wildman–Crippen LogP) is 4.48. The summed E-state index contributed by atoms with van der Waals surface area (Å²) in [6.07, 6.45) is 0. The molecule has 0 aliphatic heterocycles. The summed E-state index contributed by atoms with van der Waals surface area (Å²) < 4.78 is 6.58. The molecule has 0 aromatic heterocycles. The highest BCUT2D eigenvalue weighted by molar-refractivity contribution is 9.10. The van der Waals surface area contributed by atoms with Crippen molar-refractivity contribution in [2.24, 2.45) is 0 Å². The van der Waals surface area contributed by atoms with Crippen LogP contribution in [0.3, 0.4) is 0 Å². The lowest BCUT2D eigenvalue weighted by Crippen LogP contribution is -1.88. The molecule has 4 heteroatoms. The van der Waals surface area contributed by atoms with Crippen LogP contribution in [0.1, 0.15) is 0 Å². The standard InChI is InChI=1S/C12H9BrClNO/c13-8-2-1-3-11(4-8)16-12-6-9(14)5-10(15)7-12/h1-7H,15H2. The van der Waals surface area contributed by atoms with E-state index in [0.717, 1.165) is 10.2 Å². The van der Waals surface area contributed by atoms with E-state index in [1.165, 1.54) is 0 Å². The molecule has 2 N–H and O–H groups in total. The average Bonchev–Trinajstić information content (AvgIpc) is 2.15. The highest BCUT2D eigenvalue weighted by Crippen LogP contribution is 2.28. The zero-order valence-electron chi connectivity index (χ0n) is 8.28. The number of nitrogens with two attached hydrogens (primary N) is 1. The Morgan fingerprint density at radius 3 is 2.56 bits per heavy atom. The fourth-order valence-electron chi connectivity index (χ4n) is 1.31. The molecule has 2 aromatic rings. The molecule has 0 aliphatic carbocycles. The number of ether oxygens (including phenoxy) is 1. The number of halogens is 2. The van der Waals surface area contributed by atoms with Gasteiger partial charge in [0.2, 0.25) is 0 Å². The lowest BCUT2D eigenvalue weighted by Gasteiger charge is -2.07. The molecule has 0 heterocycles. The van der Waals surface area contributed by atoms with Crippen LogP contribution in [0.15, 0.2) is 46.9 Å². The summed E-state index contributed by atoms with van der Waals surface area (Å²) >= 11 is 9.25. The highest BCUT2D eigenvalue weighted by Gasteiger charge is 2.00. The topological polar surface area (TPSA) is 35.2 Å². The molecule has 0 aliphatic rings. The van der Waals surface area contributed by atoms with Crippen LogP contribution in [0, 0.1) is 0 Å². The maximum Gasteiger partial charge on any atom is 0.130 e. The molecule has 0 fully saturated rings. The van der Waals surface area contributed by atoms with E-state index in [-0.39, 0.29) is 0 Å². The molecule has 0 spiro atoms. The van der Waals surface area contributed by atoms with Crippen LogP contribution in [-0.2, 0) is 0 Å². The largest absolute Gasteiger partial charge is 0.457 e. The van der Waals surface area contributed by atoms with E-state index in [4.69, 9.17) is 22.1 Å². The van der Waals surface area contributed by atoms with Gasteiger partial charge in [0.05, 0.1) is 0 Å². The van der Waals surface area contributed by atoms with E-state index >= 15 is 0 Å². The van der Waals surface area contributed by atoms with E-state index in [1.807, 2.05) is 24.3 Å². The van der Waals surface area contributed by atoms with Crippen molar-refractivity contribution < 1.29 is 4.74 Å². The monoisotopic (exact) mass is 297 g/mol. The van der Waals surface area contributed by atoms with Gasteiger partial charge in [-0.3, -0.25) is 0 Å². The van der Waals surface area contributed by atoms with Crippen molar-refractivity contribution in [2.45, 2.75) is 0 Å². The SMILES string of the molecule is Nc1cc(Cl)cc(Oc2cccc(Br)c2)c1. The fourth-order valence-corrected chi connectivity index (χ4v) is 1.92. The molecule has 0 radical (unpaired) electrons. The van der Waals surface area contributed by atoms with Gasteiger partial charge >= 0.3 is 0 Å². The maximum absolute atomic E-state index is 5.88. The van der Waals surface area contributed by atoms with E-state index < -0.39 is 0 Å². The molecule has 0 saturated carbocycles. The van der Waals surface area contributed by atoms with Crippen LogP contribution >= 0.6 is 27.5 Å². The smallest absolute Gasteiger partial charge is 0.130 e. The fraction of sp³-hybridized carbons (Fsp3) is 0. The molecule has 0 atom stereocenters. The second-order valence-corrected chi connectivity index (χ2v) is 4.63. The third-order valence-electron chi connectivity index (χ3n) is 1.93. The number of rotatable bonds is 2. The lowest BCUT2D eigenvalue weighted by molar-refractivity contribution is 0.482. The van der Waals surface area contributed by atoms with Crippen molar-refractivity contribution in [3.63, 3.8) is 0 Å². The molecule has 0 bridgehead atoms. The minimum Gasteiger partial charge on any atom is -0.457 e. The summed E-state index contributed by atoms with van der Waals surface area (Å²) in [5.74, 6) is 1.36. The molecule has 0 saturated heterocycles. The predicted molar refractivity (Wildman–Crippen MR) is 70.1 cm³/mol. The van der Waals surface area contributed by atoms with Gasteiger partial charge in [0.25, 0.3) is 0 Å². The summed E-state index contributed by atoms with van der Waals surface area (Å²) in [5, 5.41) is 0.560. The molecular formula is C12H9BrClNO. The number of nitrogen functional groups attached to an aromatic ring is 1. The molecular weight excluding hydrogens is 289 g/mol. The summed E-state index contributed by atoms with van der Waals surface area (Å²) in [7, 11) is 0. The van der Waals surface area contributed by atoms with Gasteiger partial charge in [0, 0.05) is 21.2 Å². The van der Waals surface area contributed by atoms with Crippen molar-refractivity contribution in [3.05, 3.63) is 52.0 Å². The second kappa shape index (κ2) is 4.76. The Bertz CT molecular complexity index is 496. The Hall–Kier alpha value is -1.19. The van der Waals surface area contributed by atoms with Crippen LogP contribution in [0.2, 0.25) is 5.02 Å². The summed E-state index contributed by atoms with van der Waals surface area (Å²) in [4.78, 5) is 0. The first-order chi connectivity index (χ1) is 7.63. The summed E-state index contributed by atoms with van der Waals surface area (Å²) in [6, 6.07) is 12.7. The van der Waals surface area contributed by atoms with E-state index in [2.05, 4.69) is 15.9 Å². The van der Waals surface area contributed by atoms with Gasteiger partial charge in [-0.05, 0) is 30.3 Å². The van der Waals surface area contributed by atoms with Crippen molar-refractivity contribution >= 4 is 33.2 Å². The van der Waals surface area contributed by atoms with Crippen molar-refractivity contribution in [2.75, 3.05) is 5.73 Å². The first-order valence-corrected chi connectivity index (χ1v) is 5.80. The lowest BCUT2D eigenvalue weighted by atomic mass is 10.3. The third-order valence-corrected chi connectivity index (χ3v) is 2.64. The first kappa shape index (κ1) is 11.3. The van der Waals surface area contributed by atoms with E-state index in [0.29, 0.717) is 16.5 Å². The summed E-state index contributed by atoms with van der Waals surface area (Å²) in [6.45, 7) is 0. The molecule has 0 amide bonds. The van der Waals surface area contributed by atoms with Crippen molar-refractivity contribution in [1.82, 2.24) is 0 Å². The quantitative estimate of drug-likeness (QED) is 0.830. The van der Waals surface area contributed by atoms with Gasteiger partial charge in [0.1, 0.15) is 11.5 Å². The highest BCUT2D eigenvalue weighted by atomic mass is 79.9. The molecule has 2 nitrogen and oxygen atoms in total. The number of anilines is 1. The Labute approximate surface area is 107 Å². The maximum atomic E-state index is 5.88. The molecule has 0 unspecified atom stereocenters. The van der Waals surface area contributed by atoms with Gasteiger partial charge in [-0.2, -0.15) is 0 Å². The van der Waals surface area contributed by atoms with E-state index in [1.54, 1.807) is 18.2 Å². The third kappa shape index (κ3) is 2.90. The van der Waals surface area contributed by atoms with Crippen LogP contribution in [0.25, 0.3) is 0 Å². The number of hydrogen-bond donors (Lipinski definition) is 1. The Kier molecular flexibility index (Phi) is 3.36. The average molecular weight is 299 g/mol. The molecule has 2 aromatic carbocycles. The van der Waals surface area contributed by atoms with Gasteiger partial charge in [-0.15, -0.1) is 0 Å². The number of benzene rings is 2. The van der Waals surface area contributed by atoms with Gasteiger partial charge in [0.15, 0.2) is 0 Å². The minimum absolute atomic E-state index is 0.560. The van der Waals surface area contributed by atoms with E-state index in [9.17, 15) is 0 Å². The molecule has 82 valence electrons. The van der Waals surface area contributed by atoms with Gasteiger partial charge in [-0.25, -0.2) is 0 Å². The second-order valence-electron chi connectivity index (χ2n) is 3.28. The molecule has 16 heavy (non-hydrogen) atoms. The normalized spacial score (nSPS) is 10.1. The van der Waals surface area contributed by atoms with Crippen LogP contribution in [-0.4, -0.2) is 0 Å². The summed E-state index contributed by atoms with van der Waals surface area (Å²) in [5.41, 5.74) is 6.25. The van der Waals surface area contributed by atoms with Gasteiger partial charge < -0.3 is 10.5 Å². The Balaban J connectivity index is 2.27. The van der Waals surface area contributed by atoms with Gasteiger partial charge in [-0.1, -0.05) is 33.6 Å². The first-order valence-electron chi connectivity index (χ1n) is 4.63. The zero-order chi connectivity index (χ0) is 11.5.